The van der Waals surface area contributed by atoms with Crippen LogP contribution in [0, 0.1) is 0 Å². The fourth-order valence-corrected chi connectivity index (χ4v) is 2.53. The summed E-state index contributed by atoms with van der Waals surface area (Å²) in [4.78, 5) is 23.9. The van der Waals surface area contributed by atoms with Gasteiger partial charge in [-0.15, -0.1) is 0 Å². The average Bonchev–Trinajstić information content (AvgIpc) is 2.62. The van der Waals surface area contributed by atoms with Crippen molar-refractivity contribution in [2.24, 2.45) is 0 Å². The molecule has 0 saturated heterocycles. The molecular weight excluding hydrogens is 304 g/mol. The molecule has 3 rings (SSSR count). The lowest BCUT2D eigenvalue weighted by molar-refractivity contribution is 0.0731. The molecule has 0 aliphatic rings. The van der Waals surface area contributed by atoms with E-state index in [1.807, 2.05) is 37.3 Å². The molecule has 4 heteroatoms. The zero-order chi connectivity index (χ0) is 16.9. The maximum absolute atomic E-state index is 12.6. The largest absolute Gasteiger partial charge is 0.493 e. The van der Waals surface area contributed by atoms with Crippen LogP contribution in [0.3, 0.4) is 0 Å². The quantitative estimate of drug-likeness (QED) is 0.400. The molecule has 3 aromatic carbocycles. The predicted octanol–water partition coefficient (Wildman–Crippen LogP) is 4.27. The molecule has 120 valence electrons. The second kappa shape index (κ2) is 6.96. The van der Waals surface area contributed by atoms with Crippen LogP contribution < -0.4 is 9.47 Å². The molecule has 0 radical (unpaired) electrons. The number of ether oxygens (including phenoxy) is 2. The van der Waals surface area contributed by atoms with Crippen LogP contribution in [0.4, 0.5) is 0 Å². The van der Waals surface area contributed by atoms with Crippen LogP contribution in [-0.2, 0) is 0 Å². The third-order valence-electron chi connectivity index (χ3n) is 3.64. The van der Waals surface area contributed by atoms with Crippen molar-refractivity contribution in [2.75, 3.05) is 6.61 Å². The lowest BCUT2D eigenvalue weighted by Crippen LogP contribution is -2.12. The van der Waals surface area contributed by atoms with Crippen LogP contribution in [-0.4, -0.2) is 18.9 Å². The van der Waals surface area contributed by atoms with E-state index in [1.54, 1.807) is 30.3 Å². The van der Waals surface area contributed by atoms with Crippen LogP contribution in [0.2, 0.25) is 0 Å². The molecule has 24 heavy (non-hydrogen) atoms. The summed E-state index contributed by atoms with van der Waals surface area (Å²) < 4.78 is 11.0. The van der Waals surface area contributed by atoms with Crippen molar-refractivity contribution < 1.29 is 19.1 Å². The molecule has 0 aliphatic carbocycles. The van der Waals surface area contributed by atoms with Gasteiger partial charge in [0, 0.05) is 5.39 Å². The van der Waals surface area contributed by atoms with E-state index in [0.29, 0.717) is 35.2 Å². The Morgan fingerprint density at radius 2 is 1.75 bits per heavy atom. The lowest BCUT2D eigenvalue weighted by Gasteiger charge is -2.12. The Kier molecular flexibility index (Phi) is 4.57. The number of fused-ring (bicyclic) bond motifs is 1. The van der Waals surface area contributed by atoms with Crippen molar-refractivity contribution in [1.82, 2.24) is 0 Å². The van der Waals surface area contributed by atoms with E-state index >= 15 is 0 Å². The fraction of sp³-hybridized carbons (Fsp3) is 0.100. The van der Waals surface area contributed by atoms with Gasteiger partial charge in [-0.3, -0.25) is 4.79 Å². The van der Waals surface area contributed by atoms with E-state index in [1.165, 1.54) is 0 Å². The summed E-state index contributed by atoms with van der Waals surface area (Å²) in [6.07, 6.45) is 0.684. The van der Waals surface area contributed by atoms with Gasteiger partial charge in [0.25, 0.3) is 0 Å². The van der Waals surface area contributed by atoms with Gasteiger partial charge in [0.2, 0.25) is 0 Å². The summed E-state index contributed by atoms with van der Waals surface area (Å²) in [6, 6.07) is 17.8. The molecule has 3 aromatic rings. The first-order valence-corrected chi connectivity index (χ1v) is 7.65. The molecule has 0 aromatic heterocycles. The SMILES string of the molecule is CCOc1ccccc1C(=O)Oc1c(C=O)ccc2ccccc12. The molecular formula is C20H16O4. The number of carbonyl (C=O) groups excluding carboxylic acids is 2. The van der Waals surface area contributed by atoms with Crippen LogP contribution >= 0.6 is 0 Å². The highest BCUT2D eigenvalue weighted by atomic mass is 16.5. The normalized spacial score (nSPS) is 10.4. The molecule has 4 nitrogen and oxygen atoms in total. The van der Waals surface area contributed by atoms with Crippen molar-refractivity contribution in [3.63, 3.8) is 0 Å². The molecule has 0 spiro atoms. The van der Waals surface area contributed by atoms with Gasteiger partial charge in [-0.2, -0.15) is 0 Å². The Bertz CT molecular complexity index is 899. The van der Waals surface area contributed by atoms with E-state index < -0.39 is 5.97 Å². The number of aldehydes is 1. The van der Waals surface area contributed by atoms with Crippen LogP contribution in [0.1, 0.15) is 27.6 Å². The Balaban J connectivity index is 2.04. The summed E-state index contributed by atoms with van der Waals surface area (Å²) in [5.41, 5.74) is 0.653. The predicted molar refractivity (Wildman–Crippen MR) is 91.9 cm³/mol. The van der Waals surface area contributed by atoms with Gasteiger partial charge in [-0.1, -0.05) is 42.5 Å². The Hall–Kier alpha value is -3.14. The number of esters is 1. The molecule has 0 heterocycles. The number of para-hydroxylation sites is 1. The monoisotopic (exact) mass is 320 g/mol. The topological polar surface area (TPSA) is 52.6 Å². The first-order chi connectivity index (χ1) is 11.7. The molecule has 0 aliphatic heterocycles. The minimum atomic E-state index is -0.557. The van der Waals surface area contributed by atoms with Gasteiger partial charge in [-0.05, 0) is 30.5 Å². The van der Waals surface area contributed by atoms with Gasteiger partial charge < -0.3 is 9.47 Å². The third-order valence-corrected chi connectivity index (χ3v) is 3.64. The average molecular weight is 320 g/mol. The maximum Gasteiger partial charge on any atom is 0.347 e. The molecule has 0 fully saturated rings. The minimum absolute atomic E-state index is 0.263. The van der Waals surface area contributed by atoms with E-state index in [4.69, 9.17) is 9.47 Å². The third kappa shape index (κ3) is 2.99. The first kappa shape index (κ1) is 15.7. The number of hydrogen-bond donors (Lipinski definition) is 0. The highest BCUT2D eigenvalue weighted by molar-refractivity contribution is 6.01. The van der Waals surface area contributed by atoms with Gasteiger partial charge >= 0.3 is 5.97 Å². The van der Waals surface area contributed by atoms with E-state index in [0.717, 1.165) is 5.39 Å². The lowest BCUT2D eigenvalue weighted by atomic mass is 10.1. The van der Waals surface area contributed by atoms with Crippen LogP contribution in [0.15, 0.2) is 60.7 Å². The number of rotatable bonds is 5. The van der Waals surface area contributed by atoms with Crippen LogP contribution in [0.5, 0.6) is 11.5 Å². The maximum atomic E-state index is 12.6. The van der Waals surface area contributed by atoms with Gasteiger partial charge in [0.05, 0.1) is 12.2 Å². The van der Waals surface area contributed by atoms with Crippen molar-refractivity contribution in [2.45, 2.75) is 6.92 Å². The zero-order valence-corrected chi connectivity index (χ0v) is 13.2. The van der Waals surface area contributed by atoms with E-state index in [9.17, 15) is 9.59 Å². The fourth-order valence-electron chi connectivity index (χ4n) is 2.53. The number of carbonyl (C=O) groups is 2. The highest BCUT2D eigenvalue weighted by Crippen LogP contribution is 2.30. The highest BCUT2D eigenvalue weighted by Gasteiger charge is 2.18. The van der Waals surface area contributed by atoms with Gasteiger partial charge in [-0.25, -0.2) is 4.79 Å². The molecule has 0 atom stereocenters. The Labute approximate surface area is 139 Å². The standard InChI is InChI=1S/C20H16O4/c1-2-23-18-10-6-5-9-17(18)20(22)24-19-15(13-21)12-11-14-7-3-4-8-16(14)19/h3-13H,2H2,1H3. The molecule has 0 saturated carbocycles. The molecule has 0 bridgehead atoms. The van der Waals surface area contributed by atoms with Crippen molar-refractivity contribution in [3.05, 3.63) is 71.8 Å². The van der Waals surface area contributed by atoms with Crippen molar-refractivity contribution >= 4 is 23.0 Å². The second-order valence-corrected chi connectivity index (χ2v) is 5.14. The van der Waals surface area contributed by atoms with Gasteiger partial charge in [0.15, 0.2) is 6.29 Å². The summed E-state index contributed by atoms with van der Waals surface area (Å²) >= 11 is 0. The second-order valence-electron chi connectivity index (χ2n) is 5.14. The summed E-state index contributed by atoms with van der Waals surface area (Å²) in [5, 5.41) is 1.60. The molecule has 0 unspecified atom stereocenters. The van der Waals surface area contributed by atoms with Crippen molar-refractivity contribution in [1.29, 1.82) is 0 Å². The van der Waals surface area contributed by atoms with Crippen molar-refractivity contribution in [3.8, 4) is 11.5 Å². The minimum Gasteiger partial charge on any atom is -0.493 e. The van der Waals surface area contributed by atoms with E-state index in [2.05, 4.69) is 0 Å². The zero-order valence-electron chi connectivity index (χ0n) is 13.2. The summed E-state index contributed by atoms with van der Waals surface area (Å²) in [5.74, 6) is 0.163. The van der Waals surface area contributed by atoms with E-state index in [-0.39, 0.29) is 5.75 Å². The van der Waals surface area contributed by atoms with Gasteiger partial charge in [0.1, 0.15) is 17.1 Å². The smallest absolute Gasteiger partial charge is 0.347 e. The summed E-state index contributed by atoms with van der Waals surface area (Å²) in [6.45, 7) is 2.29. The van der Waals surface area contributed by atoms with Crippen LogP contribution in [0.25, 0.3) is 10.8 Å². The number of benzene rings is 3. The Morgan fingerprint density at radius 3 is 2.54 bits per heavy atom. The molecule has 0 amide bonds. The number of hydrogen-bond acceptors (Lipinski definition) is 4. The first-order valence-electron chi connectivity index (χ1n) is 7.65. The Morgan fingerprint density at radius 1 is 1.00 bits per heavy atom. The summed E-state index contributed by atoms with van der Waals surface area (Å²) in [7, 11) is 0. The molecule has 0 N–H and O–H groups in total.